The fraction of sp³-hybridized carbons (Fsp3) is 0.750. The van der Waals surface area contributed by atoms with Crippen molar-refractivity contribution >= 4 is 31.5 Å². The van der Waals surface area contributed by atoms with Gasteiger partial charge >= 0.3 is 0 Å². The third kappa shape index (κ3) is 5.60. The van der Waals surface area contributed by atoms with E-state index in [1.54, 1.807) is 6.08 Å². The molecule has 0 aromatic heterocycles. The van der Waals surface area contributed by atoms with Crippen LogP contribution in [-0.2, 0) is 9.05 Å². The second-order valence-electron chi connectivity index (χ2n) is 3.03. The van der Waals surface area contributed by atoms with E-state index in [1.807, 2.05) is 11.8 Å². The Hall–Kier alpha value is 0.330. The molecule has 0 N–H and O–H groups in total. The number of rotatable bonds is 2. The predicted molar refractivity (Wildman–Crippen MR) is 58.9 cm³/mol. The normalized spacial score (nSPS) is 23.0. The number of thioether (sulfide) groups is 1. The molecule has 1 heterocycles. The first-order valence-electron chi connectivity index (χ1n) is 4.26. The van der Waals surface area contributed by atoms with Crippen molar-refractivity contribution in [2.45, 2.75) is 19.3 Å². The fourth-order valence-corrected chi connectivity index (χ4v) is 2.84. The van der Waals surface area contributed by atoms with E-state index in [0.29, 0.717) is 0 Å². The first kappa shape index (κ1) is 11.4. The molecular weight excluding hydrogens is 228 g/mol. The molecule has 0 aromatic rings. The molecule has 0 aromatic carbocycles. The third-order valence-electron chi connectivity index (χ3n) is 1.93. The van der Waals surface area contributed by atoms with Gasteiger partial charge in [-0.15, -0.1) is 0 Å². The molecule has 0 radical (unpaired) electrons. The lowest BCUT2D eigenvalue weighted by Crippen LogP contribution is -1.95. The van der Waals surface area contributed by atoms with Crippen molar-refractivity contribution in [1.82, 2.24) is 0 Å². The van der Waals surface area contributed by atoms with E-state index in [0.717, 1.165) is 25.0 Å². The monoisotopic (exact) mass is 240 g/mol. The molecule has 5 heteroatoms. The van der Waals surface area contributed by atoms with Gasteiger partial charge in [0.05, 0.1) is 5.75 Å². The van der Waals surface area contributed by atoms with Crippen LogP contribution in [0.25, 0.3) is 0 Å². The van der Waals surface area contributed by atoms with E-state index in [9.17, 15) is 8.42 Å². The van der Waals surface area contributed by atoms with Crippen LogP contribution in [0.1, 0.15) is 19.3 Å². The number of hydrogen-bond acceptors (Lipinski definition) is 3. The Kier molecular flexibility index (Phi) is 4.62. The summed E-state index contributed by atoms with van der Waals surface area (Å²) in [6.07, 6.45) is 4.96. The Balaban J connectivity index is 2.49. The van der Waals surface area contributed by atoms with Crippen LogP contribution >= 0.6 is 22.4 Å². The van der Waals surface area contributed by atoms with Crippen molar-refractivity contribution in [2.24, 2.45) is 0 Å². The summed E-state index contributed by atoms with van der Waals surface area (Å²) < 4.78 is 21.4. The van der Waals surface area contributed by atoms with E-state index in [1.165, 1.54) is 11.3 Å². The van der Waals surface area contributed by atoms with Crippen LogP contribution in [0.4, 0.5) is 0 Å². The lowest BCUT2D eigenvalue weighted by molar-refractivity contribution is 0.612. The van der Waals surface area contributed by atoms with E-state index >= 15 is 0 Å². The summed E-state index contributed by atoms with van der Waals surface area (Å²) in [7, 11) is 1.77. The SMILES string of the molecule is O=S(=O)(Cl)C/C=C1\CCCSCC1. The van der Waals surface area contributed by atoms with Gasteiger partial charge in [0.15, 0.2) is 0 Å². The molecule has 0 aliphatic carbocycles. The van der Waals surface area contributed by atoms with Gasteiger partial charge < -0.3 is 0 Å². The lowest BCUT2D eigenvalue weighted by Gasteiger charge is -2.00. The second kappa shape index (κ2) is 5.27. The van der Waals surface area contributed by atoms with Gasteiger partial charge in [0.25, 0.3) is 0 Å². The van der Waals surface area contributed by atoms with Gasteiger partial charge in [0.2, 0.25) is 9.05 Å². The zero-order valence-corrected chi connectivity index (χ0v) is 9.72. The van der Waals surface area contributed by atoms with Crippen molar-refractivity contribution in [3.05, 3.63) is 11.6 Å². The molecule has 1 aliphatic rings. The maximum atomic E-state index is 10.7. The Morgan fingerprint density at radius 2 is 2.15 bits per heavy atom. The predicted octanol–water partition coefficient (Wildman–Crippen LogP) is 2.40. The summed E-state index contributed by atoms with van der Waals surface area (Å²) in [5, 5.41) is 0. The highest BCUT2D eigenvalue weighted by molar-refractivity contribution is 8.13. The standard InChI is InChI=1S/C8H13ClO2S2/c9-13(10,11)7-4-8-2-1-5-12-6-3-8/h4H,1-3,5-7H2/b8-4+. The van der Waals surface area contributed by atoms with Gasteiger partial charge in [-0.05, 0) is 30.8 Å². The van der Waals surface area contributed by atoms with Gasteiger partial charge in [-0.25, -0.2) is 8.42 Å². The molecule has 76 valence electrons. The average Bonchev–Trinajstić information content (AvgIpc) is 2.26. The molecule has 0 spiro atoms. The minimum Gasteiger partial charge on any atom is -0.212 e. The quantitative estimate of drug-likeness (QED) is 0.549. The minimum absolute atomic E-state index is 0.0193. The lowest BCUT2D eigenvalue weighted by atomic mass is 10.1. The Morgan fingerprint density at radius 1 is 1.38 bits per heavy atom. The molecule has 0 unspecified atom stereocenters. The average molecular weight is 241 g/mol. The summed E-state index contributed by atoms with van der Waals surface area (Å²) in [6, 6.07) is 0. The smallest absolute Gasteiger partial charge is 0.212 e. The highest BCUT2D eigenvalue weighted by Crippen LogP contribution is 2.21. The highest BCUT2D eigenvalue weighted by Gasteiger charge is 2.06. The van der Waals surface area contributed by atoms with Crippen molar-refractivity contribution in [1.29, 1.82) is 0 Å². The van der Waals surface area contributed by atoms with Crippen molar-refractivity contribution in [3.8, 4) is 0 Å². The molecule has 1 rings (SSSR count). The van der Waals surface area contributed by atoms with E-state index in [4.69, 9.17) is 10.7 Å². The molecule has 0 atom stereocenters. The summed E-state index contributed by atoms with van der Waals surface area (Å²) >= 11 is 1.93. The van der Waals surface area contributed by atoms with Gasteiger partial charge in [0.1, 0.15) is 0 Å². The summed E-state index contributed by atoms with van der Waals surface area (Å²) in [5.41, 5.74) is 1.24. The van der Waals surface area contributed by atoms with E-state index < -0.39 is 9.05 Å². The molecule has 0 amide bonds. The molecule has 1 aliphatic heterocycles. The maximum Gasteiger partial charge on any atom is 0.236 e. The summed E-state index contributed by atoms with van der Waals surface area (Å²) in [5.74, 6) is 2.27. The largest absolute Gasteiger partial charge is 0.236 e. The molecule has 13 heavy (non-hydrogen) atoms. The maximum absolute atomic E-state index is 10.7. The fourth-order valence-electron chi connectivity index (χ4n) is 1.25. The minimum atomic E-state index is -3.35. The molecule has 1 saturated heterocycles. The van der Waals surface area contributed by atoms with E-state index in [2.05, 4.69) is 0 Å². The van der Waals surface area contributed by atoms with Crippen LogP contribution in [-0.4, -0.2) is 25.7 Å². The molecule has 0 bridgehead atoms. The Bertz CT molecular complexity index is 273. The zero-order valence-electron chi connectivity index (χ0n) is 7.33. The van der Waals surface area contributed by atoms with Crippen LogP contribution in [0, 0.1) is 0 Å². The number of hydrogen-bond donors (Lipinski definition) is 0. The first-order valence-corrected chi connectivity index (χ1v) is 7.89. The topological polar surface area (TPSA) is 34.1 Å². The molecule has 1 fully saturated rings. The van der Waals surface area contributed by atoms with Gasteiger partial charge in [-0.2, -0.15) is 11.8 Å². The number of halogens is 1. The van der Waals surface area contributed by atoms with Crippen molar-refractivity contribution in [2.75, 3.05) is 17.3 Å². The van der Waals surface area contributed by atoms with Crippen LogP contribution in [0.2, 0.25) is 0 Å². The summed E-state index contributed by atoms with van der Waals surface area (Å²) in [4.78, 5) is 0. The van der Waals surface area contributed by atoms with Crippen LogP contribution in [0.15, 0.2) is 11.6 Å². The number of allylic oxidation sites excluding steroid dienone is 1. The Labute approximate surface area is 88.2 Å². The van der Waals surface area contributed by atoms with Crippen molar-refractivity contribution in [3.63, 3.8) is 0 Å². The van der Waals surface area contributed by atoms with Crippen LogP contribution < -0.4 is 0 Å². The molecule has 0 saturated carbocycles. The molecular formula is C8H13ClO2S2. The highest BCUT2D eigenvalue weighted by atomic mass is 35.7. The zero-order chi connectivity index (χ0) is 9.73. The van der Waals surface area contributed by atoms with Crippen molar-refractivity contribution < 1.29 is 8.42 Å². The second-order valence-corrected chi connectivity index (χ2v) is 7.08. The van der Waals surface area contributed by atoms with Gasteiger partial charge in [-0.1, -0.05) is 11.6 Å². The van der Waals surface area contributed by atoms with Crippen LogP contribution in [0.3, 0.4) is 0 Å². The van der Waals surface area contributed by atoms with Gasteiger partial charge in [-0.3, -0.25) is 0 Å². The third-order valence-corrected chi connectivity index (χ3v) is 3.94. The molecule has 2 nitrogen and oxygen atoms in total. The van der Waals surface area contributed by atoms with Gasteiger partial charge in [0, 0.05) is 10.7 Å². The Morgan fingerprint density at radius 3 is 2.85 bits per heavy atom. The summed E-state index contributed by atoms with van der Waals surface area (Å²) in [6.45, 7) is 0. The first-order chi connectivity index (χ1) is 6.08. The van der Waals surface area contributed by atoms with Crippen LogP contribution in [0.5, 0.6) is 0 Å². The van der Waals surface area contributed by atoms with E-state index in [-0.39, 0.29) is 5.75 Å².